The largest absolute Gasteiger partial charge is 0.326 e. The van der Waals surface area contributed by atoms with E-state index in [9.17, 15) is 22.8 Å². The van der Waals surface area contributed by atoms with Gasteiger partial charge in [-0.2, -0.15) is 0 Å². The van der Waals surface area contributed by atoms with Gasteiger partial charge in [-0.1, -0.05) is 18.2 Å². The van der Waals surface area contributed by atoms with Crippen LogP contribution in [-0.4, -0.2) is 37.7 Å². The lowest BCUT2D eigenvalue weighted by Gasteiger charge is -2.16. The number of para-hydroxylation sites is 1. The minimum absolute atomic E-state index is 0.0339. The van der Waals surface area contributed by atoms with Crippen LogP contribution >= 0.6 is 11.3 Å². The molecule has 5 rings (SSSR count). The second-order valence-electron chi connectivity index (χ2n) is 8.73. The number of carbonyl (C=O) groups is 3. The quantitative estimate of drug-likeness (QED) is 0.295. The Kier molecular flexibility index (Phi) is 7.39. The lowest BCUT2D eigenvalue weighted by Crippen LogP contribution is -2.28. The summed E-state index contributed by atoms with van der Waals surface area (Å²) in [5.41, 5.74) is 2.03. The lowest BCUT2D eigenvalue weighted by molar-refractivity contribution is -0.122. The molecule has 0 saturated carbocycles. The summed E-state index contributed by atoms with van der Waals surface area (Å²) in [6.45, 7) is 0.302. The molecule has 4 aromatic rings. The van der Waals surface area contributed by atoms with Crippen LogP contribution in [0.3, 0.4) is 0 Å². The fourth-order valence-corrected chi connectivity index (χ4v) is 5.85. The van der Waals surface area contributed by atoms with Gasteiger partial charge in [0.2, 0.25) is 11.8 Å². The molecule has 1 fully saturated rings. The Labute approximate surface area is 228 Å². The van der Waals surface area contributed by atoms with E-state index in [4.69, 9.17) is 0 Å². The van der Waals surface area contributed by atoms with Gasteiger partial charge in [0.25, 0.3) is 15.9 Å². The SMILES string of the molecule is O=C(Nc1ccc(S(=O)(=O)Nc2nccs2)cc1)c1ccc(NC(=O)C2CC(=O)N(c3ccccc3)C2)cc1. The van der Waals surface area contributed by atoms with Crippen LogP contribution in [0.4, 0.5) is 22.2 Å². The van der Waals surface area contributed by atoms with Crippen LogP contribution in [-0.2, 0) is 19.6 Å². The molecule has 1 saturated heterocycles. The average Bonchev–Trinajstić information content (AvgIpc) is 3.59. The van der Waals surface area contributed by atoms with Crippen molar-refractivity contribution in [1.82, 2.24) is 4.98 Å². The highest BCUT2D eigenvalue weighted by Crippen LogP contribution is 2.26. The Bertz CT molecular complexity index is 1590. The van der Waals surface area contributed by atoms with E-state index in [-0.39, 0.29) is 28.3 Å². The molecule has 39 heavy (non-hydrogen) atoms. The van der Waals surface area contributed by atoms with Crippen LogP contribution in [0.2, 0.25) is 0 Å². The molecule has 0 spiro atoms. The minimum atomic E-state index is -3.79. The van der Waals surface area contributed by atoms with Crippen molar-refractivity contribution in [2.24, 2.45) is 5.92 Å². The van der Waals surface area contributed by atoms with Crippen LogP contribution in [0, 0.1) is 5.92 Å². The first-order valence-electron chi connectivity index (χ1n) is 11.9. The molecule has 10 nitrogen and oxygen atoms in total. The summed E-state index contributed by atoms with van der Waals surface area (Å²) in [7, 11) is -3.79. The zero-order chi connectivity index (χ0) is 27.4. The number of amides is 3. The third-order valence-electron chi connectivity index (χ3n) is 6.05. The van der Waals surface area contributed by atoms with Gasteiger partial charge < -0.3 is 15.5 Å². The van der Waals surface area contributed by atoms with E-state index in [0.29, 0.717) is 23.5 Å². The molecule has 3 amide bonds. The van der Waals surface area contributed by atoms with E-state index < -0.39 is 21.8 Å². The molecule has 1 unspecified atom stereocenters. The number of aromatic nitrogens is 1. The number of thiazole rings is 1. The van der Waals surface area contributed by atoms with Gasteiger partial charge in [-0.3, -0.25) is 19.1 Å². The summed E-state index contributed by atoms with van der Waals surface area (Å²) in [5, 5.41) is 7.45. The van der Waals surface area contributed by atoms with Crippen LogP contribution in [0.1, 0.15) is 16.8 Å². The van der Waals surface area contributed by atoms with Crippen LogP contribution in [0.25, 0.3) is 0 Å². The highest BCUT2D eigenvalue weighted by Gasteiger charge is 2.35. The normalized spacial score (nSPS) is 15.1. The Morgan fingerprint density at radius 2 is 1.56 bits per heavy atom. The number of hydrogen-bond acceptors (Lipinski definition) is 7. The number of nitrogens with zero attached hydrogens (tertiary/aromatic N) is 2. The molecule has 3 aromatic carbocycles. The third kappa shape index (κ3) is 6.13. The molecule has 1 aliphatic heterocycles. The molecule has 1 aliphatic rings. The van der Waals surface area contributed by atoms with Gasteiger partial charge in [-0.15, -0.1) is 11.3 Å². The van der Waals surface area contributed by atoms with Crippen LogP contribution in [0.5, 0.6) is 0 Å². The van der Waals surface area contributed by atoms with Crippen molar-refractivity contribution >= 4 is 61.3 Å². The first-order chi connectivity index (χ1) is 18.8. The Balaban J connectivity index is 1.16. The smallest absolute Gasteiger partial charge is 0.263 e. The van der Waals surface area contributed by atoms with E-state index in [2.05, 4.69) is 20.3 Å². The molecule has 2 heterocycles. The molecular formula is C27H23N5O5S2. The van der Waals surface area contributed by atoms with Gasteiger partial charge in [0.15, 0.2) is 5.13 Å². The number of anilines is 4. The van der Waals surface area contributed by atoms with Crippen molar-refractivity contribution < 1.29 is 22.8 Å². The molecule has 198 valence electrons. The average molecular weight is 562 g/mol. The first-order valence-corrected chi connectivity index (χ1v) is 14.2. The van der Waals surface area contributed by atoms with Gasteiger partial charge in [-0.25, -0.2) is 13.4 Å². The summed E-state index contributed by atoms with van der Waals surface area (Å²) in [6, 6.07) is 21.3. The van der Waals surface area contributed by atoms with Crippen molar-refractivity contribution in [3.8, 4) is 0 Å². The summed E-state index contributed by atoms with van der Waals surface area (Å²) in [5.74, 6) is -1.25. The van der Waals surface area contributed by atoms with Gasteiger partial charge in [0.1, 0.15) is 0 Å². The maximum Gasteiger partial charge on any atom is 0.263 e. The highest BCUT2D eigenvalue weighted by atomic mass is 32.2. The molecular weight excluding hydrogens is 538 g/mol. The van der Waals surface area contributed by atoms with Crippen molar-refractivity contribution in [2.75, 3.05) is 26.8 Å². The fraction of sp³-hybridized carbons (Fsp3) is 0.111. The van der Waals surface area contributed by atoms with Crippen molar-refractivity contribution in [3.05, 3.63) is 96.0 Å². The number of nitrogens with one attached hydrogen (secondary N) is 3. The van der Waals surface area contributed by atoms with Crippen molar-refractivity contribution in [2.45, 2.75) is 11.3 Å². The van der Waals surface area contributed by atoms with E-state index in [1.165, 1.54) is 41.8 Å². The van der Waals surface area contributed by atoms with Crippen LogP contribution in [0.15, 0.2) is 95.3 Å². The maximum atomic E-state index is 12.8. The predicted molar refractivity (Wildman–Crippen MR) is 149 cm³/mol. The molecule has 1 atom stereocenters. The number of rotatable bonds is 8. The summed E-state index contributed by atoms with van der Waals surface area (Å²) < 4.78 is 27.3. The topological polar surface area (TPSA) is 138 Å². The van der Waals surface area contributed by atoms with Gasteiger partial charge in [-0.05, 0) is 60.7 Å². The molecule has 0 bridgehead atoms. The molecule has 1 aromatic heterocycles. The number of benzene rings is 3. The monoisotopic (exact) mass is 561 g/mol. The molecule has 3 N–H and O–H groups in total. The lowest BCUT2D eigenvalue weighted by atomic mass is 10.1. The van der Waals surface area contributed by atoms with Gasteiger partial charge in [0.05, 0.1) is 10.8 Å². The molecule has 0 radical (unpaired) electrons. The predicted octanol–water partition coefficient (Wildman–Crippen LogP) is 4.19. The number of hydrogen-bond donors (Lipinski definition) is 3. The summed E-state index contributed by atoms with van der Waals surface area (Å²) in [6.07, 6.45) is 1.63. The van der Waals surface area contributed by atoms with Crippen molar-refractivity contribution in [3.63, 3.8) is 0 Å². The zero-order valence-corrected chi connectivity index (χ0v) is 22.0. The van der Waals surface area contributed by atoms with E-state index in [1.807, 2.05) is 30.3 Å². The Morgan fingerprint density at radius 1 is 0.897 bits per heavy atom. The maximum absolute atomic E-state index is 12.8. The van der Waals surface area contributed by atoms with E-state index in [1.54, 1.807) is 34.5 Å². The zero-order valence-electron chi connectivity index (χ0n) is 20.4. The van der Waals surface area contributed by atoms with E-state index in [0.717, 1.165) is 5.69 Å². The summed E-state index contributed by atoms with van der Waals surface area (Å²) in [4.78, 5) is 43.4. The first kappa shape index (κ1) is 26.1. The third-order valence-corrected chi connectivity index (χ3v) is 8.23. The number of sulfonamides is 1. The minimum Gasteiger partial charge on any atom is -0.326 e. The molecule has 0 aliphatic carbocycles. The molecule has 12 heteroatoms. The second-order valence-corrected chi connectivity index (χ2v) is 11.3. The second kappa shape index (κ2) is 11.1. The van der Waals surface area contributed by atoms with Gasteiger partial charge in [0, 0.05) is 47.2 Å². The summed E-state index contributed by atoms with van der Waals surface area (Å²) >= 11 is 1.17. The van der Waals surface area contributed by atoms with E-state index >= 15 is 0 Å². The van der Waals surface area contributed by atoms with Crippen LogP contribution < -0.4 is 20.3 Å². The highest BCUT2D eigenvalue weighted by molar-refractivity contribution is 7.93. The van der Waals surface area contributed by atoms with Gasteiger partial charge >= 0.3 is 0 Å². The number of carbonyl (C=O) groups excluding carboxylic acids is 3. The van der Waals surface area contributed by atoms with Crippen molar-refractivity contribution in [1.29, 1.82) is 0 Å². The Hall–Kier alpha value is -4.55. The standard InChI is InChI=1S/C27H23N5O5S2/c33-24-16-19(17-32(24)22-4-2-1-3-5-22)26(35)30-20-8-6-18(7-9-20)25(34)29-21-10-12-23(13-11-21)39(36,37)31-27-28-14-15-38-27/h1-15,19H,16-17H2,(H,28,31)(H,29,34)(H,30,35). The fourth-order valence-electron chi connectivity index (χ4n) is 4.06. The Morgan fingerprint density at radius 3 is 2.23 bits per heavy atom.